The average Bonchev–Trinajstić information content (AvgIpc) is 3.17. The van der Waals surface area contributed by atoms with Crippen LogP contribution in [0.4, 0.5) is 0 Å². The number of rotatable bonds is 5. The molecule has 1 N–H and O–H groups in total. The largest absolute Gasteiger partial charge is 0.379 e. The Morgan fingerprint density at radius 2 is 1.81 bits per heavy atom. The quantitative estimate of drug-likeness (QED) is 0.883. The zero-order valence-corrected chi connectivity index (χ0v) is 16.0. The number of carbonyl (C=O) groups excluding carboxylic acids is 1. The highest BCUT2D eigenvalue weighted by Crippen LogP contribution is 2.25. The summed E-state index contributed by atoms with van der Waals surface area (Å²) in [5.41, 5.74) is 6.05. The summed E-state index contributed by atoms with van der Waals surface area (Å²) in [5, 5.41) is 3.14. The molecule has 4 heteroatoms. The molecule has 1 aliphatic carbocycles. The van der Waals surface area contributed by atoms with Gasteiger partial charge in [-0.05, 0) is 60.6 Å². The molecule has 27 heavy (non-hydrogen) atoms. The summed E-state index contributed by atoms with van der Waals surface area (Å²) < 4.78 is 5.39. The summed E-state index contributed by atoms with van der Waals surface area (Å²) in [7, 11) is 0. The molecule has 142 valence electrons. The van der Waals surface area contributed by atoms with Gasteiger partial charge >= 0.3 is 0 Å². The van der Waals surface area contributed by atoms with Gasteiger partial charge in [-0.15, -0.1) is 0 Å². The third kappa shape index (κ3) is 4.40. The lowest BCUT2D eigenvalue weighted by Gasteiger charge is -2.26. The van der Waals surface area contributed by atoms with E-state index < -0.39 is 0 Å². The summed E-state index contributed by atoms with van der Waals surface area (Å²) >= 11 is 0. The van der Waals surface area contributed by atoms with Crippen molar-refractivity contribution in [3.05, 3.63) is 70.3 Å². The maximum Gasteiger partial charge on any atom is 0.251 e. The first-order valence-corrected chi connectivity index (χ1v) is 10.0. The Labute approximate surface area is 161 Å². The number of hydrogen-bond donors (Lipinski definition) is 1. The van der Waals surface area contributed by atoms with Gasteiger partial charge in [-0.1, -0.05) is 30.3 Å². The number of amides is 1. The second kappa shape index (κ2) is 8.24. The zero-order valence-electron chi connectivity index (χ0n) is 16.0. The standard InChI is InChI=1S/C23H28N2O2/c1-17(21-10-9-19-3-2-4-22(19)15-21)24-23(26)20-7-5-18(6-8-20)16-25-11-13-27-14-12-25/h5-10,15,17H,2-4,11-14,16H2,1H3,(H,24,26)/t17-/m0/s1. The minimum atomic E-state index is -0.0130. The van der Waals surface area contributed by atoms with Gasteiger partial charge < -0.3 is 10.1 Å². The number of fused-ring (bicyclic) bond motifs is 1. The van der Waals surface area contributed by atoms with E-state index >= 15 is 0 Å². The van der Waals surface area contributed by atoms with Crippen LogP contribution in [0, 0.1) is 0 Å². The molecule has 0 radical (unpaired) electrons. The van der Waals surface area contributed by atoms with Crippen molar-refractivity contribution in [2.24, 2.45) is 0 Å². The lowest BCUT2D eigenvalue weighted by atomic mass is 10.0. The topological polar surface area (TPSA) is 41.6 Å². The normalized spacial score (nSPS) is 18.1. The van der Waals surface area contributed by atoms with Gasteiger partial charge in [0.2, 0.25) is 0 Å². The Bertz CT molecular complexity index is 795. The minimum absolute atomic E-state index is 0.0106. The number of ether oxygens (including phenoxy) is 1. The van der Waals surface area contributed by atoms with Crippen LogP contribution in [0.3, 0.4) is 0 Å². The van der Waals surface area contributed by atoms with Gasteiger partial charge in [0.1, 0.15) is 0 Å². The molecular formula is C23H28N2O2. The lowest BCUT2D eigenvalue weighted by molar-refractivity contribution is 0.0342. The molecule has 1 atom stereocenters. The molecular weight excluding hydrogens is 336 g/mol. The summed E-state index contributed by atoms with van der Waals surface area (Å²) in [6, 6.07) is 14.6. The third-order valence-corrected chi connectivity index (χ3v) is 5.70. The molecule has 0 saturated carbocycles. The van der Waals surface area contributed by atoms with Crippen LogP contribution < -0.4 is 5.32 Å². The highest BCUT2D eigenvalue weighted by Gasteiger charge is 2.16. The van der Waals surface area contributed by atoms with Gasteiger partial charge in [0.05, 0.1) is 19.3 Å². The molecule has 0 spiro atoms. The number of hydrogen-bond acceptors (Lipinski definition) is 3. The molecule has 0 unspecified atom stereocenters. The van der Waals surface area contributed by atoms with E-state index in [1.165, 1.54) is 35.1 Å². The number of benzene rings is 2. The Morgan fingerprint density at radius 1 is 1.07 bits per heavy atom. The van der Waals surface area contributed by atoms with Gasteiger partial charge in [0.25, 0.3) is 5.91 Å². The molecule has 0 aromatic heterocycles. The van der Waals surface area contributed by atoms with Crippen molar-refractivity contribution in [3.63, 3.8) is 0 Å². The van der Waals surface area contributed by atoms with Gasteiger partial charge in [0, 0.05) is 25.2 Å². The number of nitrogens with one attached hydrogen (secondary N) is 1. The Balaban J connectivity index is 1.36. The maximum absolute atomic E-state index is 12.6. The molecule has 1 heterocycles. The molecule has 4 rings (SSSR count). The highest BCUT2D eigenvalue weighted by molar-refractivity contribution is 5.94. The van der Waals surface area contributed by atoms with Gasteiger partial charge in [-0.25, -0.2) is 0 Å². The van der Waals surface area contributed by atoms with Crippen LogP contribution in [0.25, 0.3) is 0 Å². The van der Waals surface area contributed by atoms with E-state index in [9.17, 15) is 4.79 Å². The molecule has 0 bridgehead atoms. The SMILES string of the molecule is C[C@H](NC(=O)c1ccc(CN2CCOCC2)cc1)c1ccc2c(c1)CCC2. The second-order valence-corrected chi connectivity index (χ2v) is 7.66. The Morgan fingerprint density at radius 3 is 2.59 bits per heavy atom. The molecule has 2 aliphatic rings. The fourth-order valence-electron chi connectivity index (χ4n) is 4.00. The van der Waals surface area contributed by atoms with Crippen molar-refractivity contribution >= 4 is 5.91 Å². The Kier molecular flexibility index (Phi) is 5.55. The highest BCUT2D eigenvalue weighted by atomic mass is 16.5. The molecule has 1 amide bonds. The van der Waals surface area contributed by atoms with E-state index in [1.54, 1.807) is 0 Å². The number of morpholine rings is 1. The van der Waals surface area contributed by atoms with E-state index in [1.807, 2.05) is 12.1 Å². The second-order valence-electron chi connectivity index (χ2n) is 7.66. The van der Waals surface area contributed by atoms with Crippen molar-refractivity contribution in [2.45, 2.75) is 38.8 Å². The van der Waals surface area contributed by atoms with Crippen molar-refractivity contribution in [1.29, 1.82) is 0 Å². The van der Waals surface area contributed by atoms with Crippen LogP contribution in [0.5, 0.6) is 0 Å². The fourth-order valence-corrected chi connectivity index (χ4v) is 4.00. The maximum atomic E-state index is 12.6. The molecule has 1 aliphatic heterocycles. The summed E-state index contributed by atoms with van der Waals surface area (Å²) in [6.45, 7) is 6.53. The third-order valence-electron chi connectivity index (χ3n) is 5.70. The summed E-state index contributed by atoms with van der Waals surface area (Å²) in [5.74, 6) is -0.0130. The van der Waals surface area contributed by atoms with E-state index in [-0.39, 0.29) is 11.9 Å². The van der Waals surface area contributed by atoms with E-state index in [2.05, 4.69) is 47.5 Å². The molecule has 4 nitrogen and oxygen atoms in total. The molecule has 2 aromatic carbocycles. The van der Waals surface area contributed by atoms with Gasteiger partial charge in [-0.2, -0.15) is 0 Å². The predicted octanol–water partition coefficient (Wildman–Crippen LogP) is 3.50. The summed E-state index contributed by atoms with van der Waals surface area (Å²) in [6.07, 6.45) is 3.60. The van der Waals surface area contributed by atoms with Gasteiger partial charge in [-0.3, -0.25) is 9.69 Å². The first-order chi connectivity index (χ1) is 13.2. The van der Waals surface area contributed by atoms with E-state index in [4.69, 9.17) is 4.74 Å². The van der Waals surface area contributed by atoms with Crippen molar-refractivity contribution in [3.8, 4) is 0 Å². The monoisotopic (exact) mass is 364 g/mol. The van der Waals surface area contributed by atoms with E-state index in [0.29, 0.717) is 5.56 Å². The first-order valence-electron chi connectivity index (χ1n) is 10.0. The van der Waals surface area contributed by atoms with Crippen LogP contribution in [0.1, 0.15) is 52.0 Å². The molecule has 1 saturated heterocycles. The number of carbonyl (C=O) groups is 1. The first kappa shape index (κ1) is 18.2. The fraction of sp³-hybridized carbons (Fsp3) is 0.435. The van der Waals surface area contributed by atoms with Crippen molar-refractivity contribution in [1.82, 2.24) is 10.2 Å². The number of nitrogens with zero attached hydrogens (tertiary/aromatic N) is 1. The minimum Gasteiger partial charge on any atom is -0.379 e. The van der Waals surface area contributed by atoms with Crippen LogP contribution in [0.15, 0.2) is 42.5 Å². The van der Waals surface area contributed by atoms with Crippen LogP contribution in [0.2, 0.25) is 0 Å². The molecule has 2 aromatic rings. The van der Waals surface area contributed by atoms with Crippen LogP contribution in [-0.2, 0) is 24.1 Å². The van der Waals surface area contributed by atoms with Gasteiger partial charge in [0.15, 0.2) is 0 Å². The smallest absolute Gasteiger partial charge is 0.251 e. The zero-order chi connectivity index (χ0) is 18.6. The average molecular weight is 364 g/mol. The van der Waals surface area contributed by atoms with Crippen LogP contribution >= 0.6 is 0 Å². The van der Waals surface area contributed by atoms with Crippen molar-refractivity contribution in [2.75, 3.05) is 26.3 Å². The van der Waals surface area contributed by atoms with Crippen LogP contribution in [-0.4, -0.2) is 37.1 Å². The van der Waals surface area contributed by atoms with E-state index in [0.717, 1.165) is 39.3 Å². The Hall–Kier alpha value is -2.17. The lowest BCUT2D eigenvalue weighted by Crippen LogP contribution is -2.35. The summed E-state index contributed by atoms with van der Waals surface area (Å²) in [4.78, 5) is 15.0. The van der Waals surface area contributed by atoms with Crippen molar-refractivity contribution < 1.29 is 9.53 Å². The predicted molar refractivity (Wildman–Crippen MR) is 107 cm³/mol. The molecule has 1 fully saturated rings. The number of aryl methyl sites for hydroxylation is 2.